The maximum atomic E-state index is 12.3. The molecule has 0 spiro atoms. The van der Waals surface area contributed by atoms with E-state index in [2.05, 4.69) is 24.0 Å². The van der Waals surface area contributed by atoms with E-state index in [9.17, 15) is 4.79 Å². The smallest absolute Gasteiger partial charge is 0.246 e. The lowest BCUT2D eigenvalue weighted by atomic mass is 10.1. The summed E-state index contributed by atoms with van der Waals surface area (Å²) in [5.74, 6) is 1.60. The Bertz CT molecular complexity index is 503. The lowest BCUT2D eigenvalue weighted by molar-refractivity contribution is -0.141. The minimum Gasteiger partial charge on any atom is -0.423 e. The summed E-state index contributed by atoms with van der Waals surface area (Å²) in [6.45, 7) is 10.1. The van der Waals surface area contributed by atoms with Crippen LogP contribution in [0.15, 0.2) is 4.42 Å². The fourth-order valence-corrected chi connectivity index (χ4v) is 2.70. The summed E-state index contributed by atoms with van der Waals surface area (Å²) >= 11 is 0. The van der Waals surface area contributed by atoms with Gasteiger partial charge in [-0.2, -0.15) is 0 Å². The molecule has 1 saturated heterocycles. The van der Waals surface area contributed by atoms with Crippen LogP contribution in [-0.4, -0.2) is 53.4 Å². The molecule has 0 unspecified atom stereocenters. The summed E-state index contributed by atoms with van der Waals surface area (Å²) < 4.78 is 16.7. The Hall–Kier alpha value is -1.47. The molecule has 7 nitrogen and oxygen atoms in total. The predicted octanol–water partition coefficient (Wildman–Crippen LogP) is 2.12. The molecule has 1 amide bonds. The van der Waals surface area contributed by atoms with Crippen molar-refractivity contribution in [3.8, 4) is 0 Å². The molecular formula is C16H27N3O4. The van der Waals surface area contributed by atoms with Crippen molar-refractivity contribution < 1.29 is 18.7 Å². The molecule has 2 atom stereocenters. The monoisotopic (exact) mass is 325 g/mol. The summed E-state index contributed by atoms with van der Waals surface area (Å²) in [6.07, 6.45) is 1.24. The van der Waals surface area contributed by atoms with Crippen LogP contribution in [0.2, 0.25) is 0 Å². The van der Waals surface area contributed by atoms with Gasteiger partial charge >= 0.3 is 0 Å². The van der Waals surface area contributed by atoms with E-state index in [4.69, 9.17) is 13.9 Å². The van der Waals surface area contributed by atoms with Crippen LogP contribution < -0.4 is 0 Å². The van der Waals surface area contributed by atoms with Crippen molar-refractivity contribution >= 4 is 5.91 Å². The Balaban J connectivity index is 1.76. The second-order valence-electron chi connectivity index (χ2n) is 6.42. The Morgan fingerprint density at radius 1 is 1.39 bits per heavy atom. The Morgan fingerprint density at radius 3 is 2.83 bits per heavy atom. The van der Waals surface area contributed by atoms with E-state index in [1.807, 2.05) is 6.92 Å². The van der Waals surface area contributed by atoms with Crippen molar-refractivity contribution in [2.45, 2.75) is 52.7 Å². The molecule has 23 heavy (non-hydrogen) atoms. The van der Waals surface area contributed by atoms with Gasteiger partial charge in [-0.05, 0) is 19.3 Å². The number of hydrogen-bond donors (Lipinski definition) is 0. The Morgan fingerprint density at radius 2 is 2.17 bits per heavy atom. The van der Waals surface area contributed by atoms with E-state index in [1.54, 1.807) is 11.8 Å². The Labute approximate surface area is 137 Å². The molecule has 1 aromatic rings. The van der Waals surface area contributed by atoms with Gasteiger partial charge in [-0.15, -0.1) is 10.2 Å². The van der Waals surface area contributed by atoms with Gasteiger partial charge in [-0.25, -0.2) is 0 Å². The van der Waals surface area contributed by atoms with Crippen molar-refractivity contribution in [1.29, 1.82) is 0 Å². The highest BCUT2D eigenvalue weighted by Gasteiger charge is 2.28. The number of aryl methyl sites for hydroxylation is 1. The number of ether oxygens (including phenoxy) is 2. The van der Waals surface area contributed by atoms with Gasteiger partial charge in [0.2, 0.25) is 17.7 Å². The summed E-state index contributed by atoms with van der Waals surface area (Å²) in [7, 11) is 0. The summed E-state index contributed by atoms with van der Waals surface area (Å²) in [5.41, 5.74) is 0. The van der Waals surface area contributed by atoms with Gasteiger partial charge < -0.3 is 18.8 Å². The van der Waals surface area contributed by atoms with Crippen molar-refractivity contribution in [2.24, 2.45) is 5.92 Å². The first-order chi connectivity index (χ1) is 11.0. The van der Waals surface area contributed by atoms with Crippen LogP contribution in [0.25, 0.3) is 0 Å². The lowest BCUT2D eigenvalue weighted by Crippen LogP contribution is -2.42. The number of carbonyl (C=O) groups excluding carboxylic acids is 1. The normalized spacial score (nSPS) is 20.0. The molecule has 0 aliphatic carbocycles. The van der Waals surface area contributed by atoms with Gasteiger partial charge in [0.1, 0.15) is 0 Å². The third-order valence-electron chi connectivity index (χ3n) is 3.76. The van der Waals surface area contributed by atoms with Gasteiger partial charge in [0.05, 0.1) is 32.3 Å². The zero-order valence-corrected chi connectivity index (χ0v) is 14.4. The molecule has 0 saturated carbocycles. The highest BCUT2D eigenvalue weighted by Crippen LogP contribution is 2.21. The van der Waals surface area contributed by atoms with Gasteiger partial charge in [0.25, 0.3) is 0 Å². The maximum Gasteiger partial charge on any atom is 0.246 e. The molecule has 0 N–H and O–H groups in total. The van der Waals surface area contributed by atoms with Gasteiger partial charge in [-0.1, -0.05) is 13.8 Å². The summed E-state index contributed by atoms with van der Waals surface area (Å²) in [4.78, 5) is 14.1. The third kappa shape index (κ3) is 5.58. The molecular weight excluding hydrogens is 298 g/mol. The van der Waals surface area contributed by atoms with Crippen LogP contribution in [0.5, 0.6) is 0 Å². The van der Waals surface area contributed by atoms with Gasteiger partial charge in [-0.3, -0.25) is 4.79 Å². The SMILES string of the molecule is Cc1nnc([C@@H]2CN(C(=O)CCO[C@@H](C)CC(C)C)CCO2)o1. The first kappa shape index (κ1) is 17.9. The fraction of sp³-hybridized carbons (Fsp3) is 0.812. The van der Waals surface area contributed by atoms with Crippen LogP contribution >= 0.6 is 0 Å². The van der Waals surface area contributed by atoms with Crippen LogP contribution in [0.3, 0.4) is 0 Å². The van der Waals surface area contributed by atoms with E-state index < -0.39 is 0 Å². The first-order valence-corrected chi connectivity index (χ1v) is 8.26. The fourth-order valence-electron chi connectivity index (χ4n) is 2.70. The lowest BCUT2D eigenvalue weighted by Gasteiger charge is -2.31. The van der Waals surface area contributed by atoms with Crippen molar-refractivity contribution in [1.82, 2.24) is 15.1 Å². The molecule has 0 aromatic carbocycles. The van der Waals surface area contributed by atoms with E-state index in [0.29, 0.717) is 50.4 Å². The van der Waals surface area contributed by atoms with Crippen molar-refractivity contribution in [3.63, 3.8) is 0 Å². The highest BCUT2D eigenvalue weighted by molar-refractivity contribution is 5.76. The summed E-state index contributed by atoms with van der Waals surface area (Å²) in [6, 6.07) is 0. The quantitative estimate of drug-likeness (QED) is 0.764. The molecule has 1 aromatic heterocycles. The van der Waals surface area contributed by atoms with Crippen LogP contribution in [-0.2, 0) is 14.3 Å². The maximum absolute atomic E-state index is 12.3. The average molecular weight is 325 g/mol. The molecule has 1 fully saturated rings. The number of amides is 1. The highest BCUT2D eigenvalue weighted by atomic mass is 16.5. The molecule has 0 radical (unpaired) electrons. The van der Waals surface area contributed by atoms with Gasteiger partial charge in [0, 0.05) is 13.5 Å². The van der Waals surface area contributed by atoms with E-state index in [0.717, 1.165) is 6.42 Å². The number of aromatic nitrogens is 2. The van der Waals surface area contributed by atoms with Crippen LogP contribution in [0.4, 0.5) is 0 Å². The average Bonchev–Trinajstić information content (AvgIpc) is 2.93. The zero-order valence-electron chi connectivity index (χ0n) is 14.4. The Kier molecular flexibility index (Phi) is 6.53. The molecule has 1 aliphatic heterocycles. The second kappa shape index (κ2) is 8.40. The zero-order chi connectivity index (χ0) is 16.8. The molecule has 1 aliphatic rings. The number of morpholine rings is 1. The first-order valence-electron chi connectivity index (χ1n) is 8.26. The second-order valence-corrected chi connectivity index (χ2v) is 6.42. The molecule has 7 heteroatoms. The van der Waals surface area contributed by atoms with E-state index in [1.165, 1.54) is 0 Å². The largest absolute Gasteiger partial charge is 0.423 e. The summed E-state index contributed by atoms with van der Waals surface area (Å²) in [5, 5.41) is 7.78. The topological polar surface area (TPSA) is 77.7 Å². The molecule has 2 rings (SSSR count). The molecule has 130 valence electrons. The number of rotatable bonds is 7. The minimum absolute atomic E-state index is 0.0753. The standard InChI is InChI=1S/C16H27N3O4/c1-11(2)9-12(3)21-7-5-15(20)19-6-8-22-14(10-19)16-18-17-13(4)23-16/h11-12,14H,5-10H2,1-4H3/t12-,14-/m0/s1. The molecule has 0 bridgehead atoms. The molecule has 2 heterocycles. The van der Waals surface area contributed by atoms with Crippen LogP contribution in [0.1, 0.15) is 51.5 Å². The predicted molar refractivity (Wildman–Crippen MR) is 83.8 cm³/mol. The number of nitrogens with zero attached hydrogens (tertiary/aromatic N) is 3. The van der Waals surface area contributed by atoms with E-state index >= 15 is 0 Å². The number of carbonyl (C=O) groups is 1. The van der Waals surface area contributed by atoms with Gasteiger partial charge in [0.15, 0.2) is 6.10 Å². The van der Waals surface area contributed by atoms with Crippen molar-refractivity contribution in [3.05, 3.63) is 11.8 Å². The number of hydrogen-bond acceptors (Lipinski definition) is 6. The van der Waals surface area contributed by atoms with Crippen molar-refractivity contribution in [2.75, 3.05) is 26.3 Å². The minimum atomic E-state index is -0.338. The van der Waals surface area contributed by atoms with E-state index in [-0.39, 0.29) is 18.1 Å². The third-order valence-corrected chi connectivity index (χ3v) is 3.76. The van der Waals surface area contributed by atoms with Crippen LogP contribution in [0, 0.1) is 12.8 Å².